The Hall–Kier alpha value is -1.44. The van der Waals surface area contributed by atoms with Gasteiger partial charge in [0.2, 0.25) is 5.13 Å². The maximum absolute atomic E-state index is 5.72. The Kier molecular flexibility index (Phi) is 3.77. The molecule has 1 saturated heterocycles. The number of aromatic nitrogens is 2. The van der Waals surface area contributed by atoms with Crippen molar-refractivity contribution in [2.75, 3.05) is 31.7 Å². The predicted octanol–water partition coefficient (Wildman–Crippen LogP) is 1.86. The first-order valence-electron chi connectivity index (χ1n) is 6.08. The molecular formula is C12H15N3O3S. The fourth-order valence-corrected chi connectivity index (χ4v) is 2.74. The molecule has 3 rings (SSSR count). The highest BCUT2D eigenvalue weighted by Gasteiger charge is 2.26. The van der Waals surface area contributed by atoms with Gasteiger partial charge in [-0.2, -0.15) is 4.37 Å². The van der Waals surface area contributed by atoms with E-state index in [1.165, 1.54) is 11.5 Å². The topological polar surface area (TPSA) is 60.6 Å². The van der Waals surface area contributed by atoms with Gasteiger partial charge >= 0.3 is 0 Å². The second-order valence-electron chi connectivity index (χ2n) is 4.25. The van der Waals surface area contributed by atoms with Crippen LogP contribution in [-0.2, 0) is 16.1 Å². The monoisotopic (exact) mass is 281 g/mol. The minimum atomic E-state index is -0.0430. The standard InChI is InChI=1S/C12H15N3O3S/c1-16-8-11-13-12(19-14-11)15-4-6-18-10(7-15)9-3-2-5-17-9/h2-3,5,10H,4,6-8H2,1H3. The van der Waals surface area contributed by atoms with Crippen LogP contribution in [0.4, 0.5) is 5.13 Å². The van der Waals surface area contributed by atoms with Gasteiger partial charge in [0.25, 0.3) is 0 Å². The Morgan fingerprint density at radius 1 is 1.58 bits per heavy atom. The molecule has 6 nitrogen and oxygen atoms in total. The third-order valence-electron chi connectivity index (χ3n) is 2.93. The van der Waals surface area contributed by atoms with Crippen molar-refractivity contribution in [1.29, 1.82) is 0 Å². The second kappa shape index (κ2) is 5.68. The van der Waals surface area contributed by atoms with Crippen LogP contribution in [0.1, 0.15) is 17.7 Å². The Bertz CT molecular complexity index is 514. The van der Waals surface area contributed by atoms with Gasteiger partial charge in [-0.1, -0.05) is 0 Å². The highest BCUT2D eigenvalue weighted by atomic mass is 32.1. The van der Waals surface area contributed by atoms with E-state index in [9.17, 15) is 0 Å². The zero-order chi connectivity index (χ0) is 13.1. The third kappa shape index (κ3) is 2.78. The fourth-order valence-electron chi connectivity index (χ4n) is 2.03. The molecule has 2 aromatic rings. The Morgan fingerprint density at radius 2 is 2.53 bits per heavy atom. The van der Waals surface area contributed by atoms with E-state index in [1.807, 2.05) is 12.1 Å². The van der Waals surface area contributed by atoms with Crippen molar-refractivity contribution >= 4 is 16.7 Å². The van der Waals surface area contributed by atoms with Crippen LogP contribution in [-0.4, -0.2) is 36.2 Å². The van der Waals surface area contributed by atoms with Crippen molar-refractivity contribution in [2.24, 2.45) is 0 Å². The first-order chi connectivity index (χ1) is 9.36. The van der Waals surface area contributed by atoms with E-state index >= 15 is 0 Å². The van der Waals surface area contributed by atoms with Crippen LogP contribution < -0.4 is 4.90 Å². The summed E-state index contributed by atoms with van der Waals surface area (Å²) in [6.07, 6.45) is 1.62. The van der Waals surface area contributed by atoms with Crippen LogP contribution in [0.2, 0.25) is 0 Å². The summed E-state index contributed by atoms with van der Waals surface area (Å²) in [6.45, 7) is 2.65. The maximum atomic E-state index is 5.72. The van der Waals surface area contributed by atoms with Crippen LogP contribution in [0.15, 0.2) is 22.8 Å². The van der Waals surface area contributed by atoms with E-state index in [-0.39, 0.29) is 6.10 Å². The average Bonchev–Trinajstić information content (AvgIpc) is 3.11. The third-order valence-corrected chi connectivity index (χ3v) is 3.74. The minimum absolute atomic E-state index is 0.0430. The molecule has 1 fully saturated rings. The number of morpholine rings is 1. The lowest BCUT2D eigenvalue weighted by Crippen LogP contribution is -2.38. The summed E-state index contributed by atoms with van der Waals surface area (Å²) in [4.78, 5) is 6.64. The number of furan rings is 1. The molecule has 19 heavy (non-hydrogen) atoms. The number of hydrogen-bond acceptors (Lipinski definition) is 7. The van der Waals surface area contributed by atoms with E-state index in [2.05, 4.69) is 14.3 Å². The Labute approximate surface area is 115 Å². The van der Waals surface area contributed by atoms with Crippen LogP contribution in [0.5, 0.6) is 0 Å². The summed E-state index contributed by atoms with van der Waals surface area (Å²) >= 11 is 1.39. The summed E-state index contributed by atoms with van der Waals surface area (Å²) in [7, 11) is 1.64. The van der Waals surface area contributed by atoms with E-state index < -0.39 is 0 Å². The molecule has 0 aliphatic carbocycles. The molecule has 2 aromatic heterocycles. The summed E-state index contributed by atoms with van der Waals surface area (Å²) in [5.41, 5.74) is 0. The van der Waals surface area contributed by atoms with E-state index in [0.29, 0.717) is 13.2 Å². The van der Waals surface area contributed by atoms with Gasteiger partial charge in [-0.15, -0.1) is 0 Å². The Morgan fingerprint density at radius 3 is 3.32 bits per heavy atom. The van der Waals surface area contributed by atoms with Gasteiger partial charge in [0.1, 0.15) is 18.5 Å². The van der Waals surface area contributed by atoms with Gasteiger partial charge < -0.3 is 18.8 Å². The molecule has 0 saturated carbocycles. The predicted molar refractivity (Wildman–Crippen MR) is 70.2 cm³/mol. The van der Waals surface area contributed by atoms with Crippen LogP contribution in [0.25, 0.3) is 0 Å². The normalized spacial score (nSPS) is 19.8. The van der Waals surface area contributed by atoms with Crippen LogP contribution in [0, 0.1) is 0 Å². The lowest BCUT2D eigenvalue weighted by atomic mass is 10.2. The summed E-state index contributed by atoms with van der Waals surface area (Å²) in [5, 5.41) is 0.909. The largest absolute Gasteiger partial charge is 0.467 e. The highest BCUT2D eigenvalue weighted by Crippen LogP contribution is 2.27. The lowest BCUT2D eigenvalue weighted by Gasteiger charge is -2.31. The molecule has 3 heterocycles. The van der Waals surface area contributed by atoms with Crippen LogP contribution >= 0.6 is 11.5 Å². The first kappa shape index (κ1) is 12.6. The van der Waals surface area contributed by atoms with Gasteiger partial charge in [-0.25, -0.2) is 4.98 Å². The molecule has 1 atom stereocenters. The van der Waals surface area contributed by atoms with Crippen molar-refractivity contribution in [3.8, 4) is 0 Å². The Balaban J connectivity index is 1.70. The quantitative estimate of drug-likeness (QED) is 0.852. The van der Waals surface area contributed by atoms with Crippen molar-refractivity contribution < 1.29 is 13.9 Å². The maximum Gasteiger partial charge on any atom is 0.205 e. The van der Waals surface area contributed by atoms with Gasteiger partial charge in [0.05, 0.1) is 19.4 Å². The van der Waals surface area contributed by atoms with Gasteiger partial charge in [-0.05, 0) is 12.1 Å². The molecule has 0 N–H and O–H groups in total. The molecule has 0 spiro atoms. The molecule has 7 heteroatoms. The fraction of sp³-hybridized carbons (Fsp3) is 0.500. The number of anilines is 1. The molecule has 0 aromatic carbocycles. The average molecular weight is 281 g/mol. The number of methoxy groups -OCH3 is 1. The van der Waals surface area contributed by atoms with E-state index in [4.69, 9.17) is 13.9 Å². The second-order valence-corrected chi connectivity index (χ2v) is 4.98. The molecule has 1 unspecified atom stereocenters. The first-order valence-corrected chi connectivity index (χ1v) is 6.85. The molecule has 0 amide bonds. The van der Waals surface area contributed by atoms with E-state index in [0.717, 1.165) is 29.8 Å². The van der Waals surface area contributed by atoms with Gasteiger partial charge in [0.15, 0.2) is 5.82 Å². The highest BCUT2D eigenvalue weighted by molar-refractivity contribution is 7.09. The van der Waals surface area contributed by atoms with Crippen molar-refractivity contribution in [1.82, 2.24) is 9.36 Å². The van der Waals surface area contributed by atoms with Gasteiger partial charge in [0, 0.05) is 25.2 Å². The number of nitrogens with zero attached hydrogens (tertiary/aromatic N) is 3. The van der Waals surface area contributed by atoms with Crippen molar-refractivity contribution in [3.05, 3.63) is 30.0 Å². The summed E-state index contributed by atoms with van der Waals surface area (Å²) < 4.78 is 20.4. The smallest absolute Gasteiger partial charge is 0.205 e. The zero-order valence-corrected chi connectivity index (χ0v) is 11.4. The minimum Gasteiger partial charge on any atom is -0.467 e. The van der Waals surface area contributed by atoms with Gasteiger partial charge in [-0.3, -0.25) is 0 Å². The van der Waals surface area contributed by atoms with Crippen molar-refractivity contribution in [3.63, 3.8) is 0 Å². The lowest BCUT2D eigenvalue weighted by molar-refractivity contribution is 0.0257. The molecular weight excluding hydrogens is 266 g/mol. The zero-order valence-electron chi connectivity index (χ0n) is 10.6. The SMILES string of the molecule is COCc1nsc(N2CCOC(c3ccco3)C2)n1. The molecule has 0 radical (unpaired) electrons. The molecule has 1 aliphatic heterocycles. The summed E-state index contributed by atoms with van der Waals surface area (Å²) in [5.74, 6) is 1.58. The molecule has 0 bridgehead atoms. The van der Waals surface area contributed by atoms with Crippen molar-refractivity contribution in [2.45, 2.75) is 12.7 Å². The summed E-state index contributed by atoms with van der Waals surface area (Å²) in [6, 6.07) is 3.81. The van der Waals surface area contributed by atoms with E-state index in [1.54, 1.807) is 13.4 Å². The number of ether oxygens (including phenoxy) is 2. The molecule has 1 aliphatic rings. The number of hydrogen-bond donors (Lipinski definition) is 0. The number of rotatable bonds is 4. The van der Waals surface area contributed by atoms with Crippen LogP contribution in [0.3, 0.4) is 0 Å². The molecule has 102 valence electrons.